The standard InChI is InChI=1S/C19H25N3OS/c23-18-3-1-2-17-15-7-13(10-22(17)18)9-21(11-15)19(24)20-16-8-12-4-5-14(16)6-12/h1-3,12-16H,4-11H2,(H,20,24)/t12-,13+,14+,15-,16-/m1/s1. The number of nitrogens with one attached hydrogen (secondary N) is 1. The highest BCUT2D eigenvalue weighted by molar-refractivity contribution is 7.80. The zero-order valence-electron chi connectivity index (χ0n) is 14.0. The van der Waals surface area contributed by atoms with E-state index in [9.17, 15) is 4.79 Å². The number of hydrogen-bond donors (Lipinski definition) is 1. The van der Waals surface area contributed by atoms with Crippen LogP contribution in [0.15, 0.2) is 23.0 Å². The first-order valence-corrected chi connectivity index (χ1v) is 9.83. The second-order valence-electron chi connectivity index (χ2n) is 8.33. The molecule has 2 saturated carbocycles. The van der Waals surface area contributed by atoms with Gasteiger partial charge in [-0.15, -0.1) is 0 Å². The summed E-state index contributed by atoms with van der Waals surface area (Å²) in [7, 11) is 0. The van der Waals surface area contributed by atoms with Crippen molar-refractivity contribution >= 4 is 17.3 Å². The Kier molecular flexibility index (Phi) is 3.47. The Morgan fingerprint density at radius 3 is 2.79 bits per heavy atom. The van der Waals surface area contributed by atoms with Gasteiger partial charge < -0.3 is 14.8 Å². The highest BCUT2D eigenvalue weighted by Crippen LogP contribution is 2.44. The van der Waals surface area contributed by atoms with Crippen LogP contribution in [-0.2, 0) is 6.54 Å². The second kappa shape index (κ2) is 5.58. The molecule has 4 nitrogen and oxygen atoms in total. The van der Waals surface area contributed by atoms with E-state index in [2.05, 4.69) is 16.3 Å². The summed E-state index contributed by atoms with van der Waals surface area (Å²) in [6.45, 7) is 2.79. The number of likely N-dealkylation sites (tertiary alicyclic amines) is 1. The predicted octanol–water partition coefficient (Wildman–Crippen LogP) is 2.33. The lowest BCUT2D eigenvalue weighted by molar-refractivity contribution is 0.175. The minimum atomic E-state index is 0.151. The topological polar surface area (TPSA) is 37.3 Å². The van der Waals surface area contributed by atoms with Crippen molar-refractivity contribution in [2.75, 3.05) is 13.1 Å². The molecule has 0 spiro atoms. The van der Waals surface area contributed by atoms with Gasteiger partial charge in [0.15, 0.2) is 5.11 Å². The largest absolute Gasteiger partial charge is 0.360 e. The Balaban J connectivity index is 1.31. The number of thiocarbonyl (C=S) groups is 1. The minimum Gasteiger partial charge on any atom is -0.360 e. The van der Waals surface area contributed by atoms with Crippen LogP contribution in [0.2, 0.25) is 0 Å². The molecule has 0 radical (unpaired) electrons. The Morgan fingerprint density at radius 1 is 1.08 bits per heavy atom. The summed E-state index contributed by atoms with van der Waals surface area (Å²) >= 11 is 5.77. The first kappa shape index (κ1) is 14.9. The third kappa shape index (κ3) is 2.40. The number of pyridine rings is 1. The fraction of sp³-hybridized carbons (Fsp3) is 0.684. The van der Waals surface area contributed by atoms with Crippen LogP contribution in [0.25, 0.3) is 0 Å². The molecule has 4 aliphatic rings. The maximum atomic E-state index is 12.1. The van der Waals surface area contributed by atoms with Crippen molar-refractivity contribution in [2.24, 2.45) is 17.8 Å². The van der Waals surface area contributed by atoms with Gasteiger partial charge in [0, 0.05) is 43.4 Å². The van der Waals surface area contributed by atoms with Gasteiger partial charge in [-0.2, -0.15) is 0 Å². The van der Waals surface area contributed by atoms with Crippen LogP contribution >= 0.6 is 12.2 Å². The molecule has 0 aromatic carbocycles. The molecule has 24 heavy (non-hydrogen) atoms. The van der Waals surface area contributed by atoms with Gasteiger partial charge in [-0.25, -0.2) is 0 Å². The van der Waals surface area contributed by atoms with E-state index in [1.807, 2.05) is 10.6 Å². The molecule has 4 bridgehead atoms. The number of fused-ring (bicyclic) bond motifs is 6. The van der Waals surface area contributed by atoms with E-state index in [1.54, 1.807) is 6.07 Å². The van der Waals surface area contributed by atoms with Gasteiger partial charge in [0.2, 0.25) is 0 Å². The second-order valence-corrected chi connectivity index (χ2v) is 8.72. The van der Waals surface area contributed by atoms with Crippen LogP contribution < -0.4 is 10.9 Å². The van der Waals surface area contributed by atoms with E-state index in [0.717, 1.165) is 36.6 Å². The lowest BCUT2D eigenvalue weighted by atomic mass is 9.83. The molecule has 1 aromatic heterocycles. The van der Waals surface area contributed by atoms with Gasteiger partial charge in [-0.1, -0.05) is 12.5 Å². The molecular weight excluding hydrogens is 318 g/mol. The molecule has 5 rings (SSSR count). The quantitative estimate of drug-likeness (QED) is 0.794. The van der Waals surface area contributed by atoms with E-state index in [0.29, 0.717) is 17.9 Å². The van der Waals surface area contributed by atoms with Gasteiger partial charge in [-0.3, -0.25) is 4.79 Å². The van der Waals surface area contributed by atoms with Crippen molar-refractivity contribution in [3.05, 3.63) is 34.2 Å². The van der Waals surface area contributed by atoms with Gasteiger partial charge >= 0.3 is 0 Å². The normalized spacial score (nSPS) is 36.5. The first-order valence-electron chi connectivity index (χ1n) is 9.42. The zero-order valence-corrected chi connectivity index (χ0v) is 14.8. The molecule has 1 saturated heterocycles. The summed E-state index contributed by atoms with van der Waals surface area (Å²) in [6, 6.07) is 6.31. The molecule has 1 aromatic rings. The lowest BCUT2D eigenvalue weighted by Gasteiger charge is -2.44. The molecule has 3 heterocycles. The molecular formula is C19H25N3OS. The van der Waals surface area contributed by atoms with Crippen molar-refractivity contribution < 1.29 is 0 Å². The van der Waals surface area contributed by atoms with Crippen molar-refractivity contribution in [1.29, 1.82) is 0 Å². The third-order valence-corrected chi connectivity index (χ3v) is 7.19. The van der Waals surface area contributed by atoms with Crippen molar-refractivity contribution in [2.45, 2.75) is 50.6 Å². The maximum Gasteiger partial charge on any atom is 0.250 e. The fourth-order valence-corrected chi connectivity index (χ4v) is 6.03. The van der Waals surface area contributed by atoms with Crippen LogP contribution in [0.3, 0.4) is 0 Å². The zero-order chi connectivity index (χ0) is 16.3. The molecule has 1 N–H and O–H groups in total. The SMILES string of the molecule is O=c1cccc2n1C[C@H]1C[C@@H]2CN(C(=S)N[C@@H]2C[C@@H]3CC[C@H]2C3)C1. The molecule has 5 heteroatoms. The first-order chi connectivity index (χ1) is 11.7. The summed E-state index contributed by atoms with van der Waals surface area (Å²) in [5.41, 5.74) is 1.35. The summed E-state index contributed by atoms with van der Waals surface area (Å²) < 4.78 is 1.99. The van der Waals surface area contributed by atoms with Crippen LogP contribution in [0, 0.1) is 17.8 Å². The summed E-state index contributed by atoms with van der Waals surface area (Å²) in [6.07, 6.45) is 6.71. The van der Waals surface area contributed by atoms with Gasteiger partial charge in [0.05, 0.1) is 0 Å². The minimum absolute atomic E-state index is 0.151. The molecule has 5 atom stereocenters. The van der Waals surface area contributed by atoms with E-state index < -0.39 is 0 Å². The van der Waals surface area contributed by atoms with Gasteiger partial charge in [-0.05, 0) is 61.7 Å². The lowest BCUT2D eigenvalue weighted by Crippen LogP contribution is -2.54. The van der Waals surface area contributed by atoms with E-state index in [-0.39, 0.29) is 5.56 Å². The predicted molar refractivity (Wildman–Crippen MR) is 98.1 cm³/mol. The summed E-state index contributed by atoms with van der Waals surface area (Å²) in [5, 5.41) is 4.65. The van der Waals surface area contributed by atoms with Crippen molar-refractivity contribution in [3.63, 3.8) is 0 Å². The van der Waals surface area contributed by atoms with Gasteiger partial charge in [0.1, 0.15) is 0 Å². The summed E-state index contributed by atoms with van der Waals surface area (Å²) in [4.78, 5) is 14.5. The Morgan fingerprint density at radius 2 is 2.00 bits per heavy atom. The van der Waals surface area contributed by atoms with Crippen molar-refractivity contribution in [1.82, 2.24) is 14.8 Å². The maximum absolute atomic E-state index is 12.1. The highest BCUT2D eigenvalue weighted by atomic mass is 32.1. The Labute approximate surface area is 148 Å². The molecule has 128 valence electrons. The number of aromatic nitrogens is 1. The molecule has 2 aliphatic carbocycles. The average molecular weight is 343 g/mol. The van der Waals surface area contributed by atoms with Crippen molar-refractivity contribution in [3.8, 4) is 0 Å². The monoisotopic (exact) mass is 343 g/mol. The van der Waals surface area contributed by atoms with Crippen LogP contribution in [0.1, 0.15) is 43.7 Å². The number of rotatable bonds is 1. The average Bonchev–Trinajstić information content (AvgIpc) is 3.18. The molecule has 3 fully saturated rings. The molecule has 0 unspecified atom stereocenters. The number of piperidine rings is 1. The van der Waals surface area contributed by atoms with E-state index in [4.69, 9.17) is 12.2 Å². The summed E-state index contributed by atoms with van der Waals surface area (Å²) in [5.74, 6) is 2.76. The van der Waals surface area contributed by atoms with Crippen LogP contribution in [0.5, 0.6) is 0 Å². The van der Waals surface area contributed by atoms with Crippen LogP contribution in [-0.4, -0.2) is 33.7 Å². The van der Waals surface area contributed by atoms with E-state index in [1.165, 1.54) is 37.8 Å². The Hall–Kier alpha value is -1.36. The molecule has 2 aliphatic heterocycles. The van der Waals surface area contributed by atoms with Crippen LogP contribution in [0.4, 0.5) is 0 Å². The Bertz CT molecular complexity index is 730. The molecule has 0 amide bonds. The smallest absolute Gasteiger partial charge is 0.250 e. The fourth-order valence-electron chi connectivity index (χ4n) is 5.73. The highest BCUT2D eigenvalue weighted by Gasteiger charge is 2.41. The number of nitrogens with zero attached hydrogens (tertiary/aromatic N) is 2. The third-order valence-electron chi connectivity index (χ3n) is 6.81. The van der Waals surface area contributed by atoms with E-state index >= 15 is 0 Å². The van der Waals surface area contributed by atoms with Gasteiger partial charge in [0.25, 0.3) is 5.56 Å². The number of hydrogen-bond acceptors (Lipinski definition) is 2.